The lowest BCUT2D eigenvalue weighted by Gasteiger charge is -2.40. The standard InChI is InChI=1S/C62H71N6O14PSSi/c1-61(2,3)85(9,10)82-52-48(80-58(54(52)76-7)68-37-35-50(66-60(68)72)64-56(70)41-22-16-12-17-23-41)39-78-83(8,84)81-51-47(79-57(53(51)75-6)67-36-34-49(65-59(67)71)63-55(69)40-20-14-11-15-21-40)38-77-62(42-24-18-13-19-25-42,43-26-30-45(73-4)31-27-43)44-28-32-46(74-5)33-29-44/h11-37,47-48,51-54,57-58H,38-39H2,1-10H3,(H,63,65,69,71)(H,64,66,70,72)/t47-,48-,51-,52-,53-,54-,57-,58-,83?/m1/s1. The molecule has 0 bridgehead atoms. The first-order chi connectivity index (χ1) is 40.7. The minimum absolute atomic E-state index is 0.0206. The molecule has 2 amide bonds. The van der Waals surface area contributed by atoms with Crippen molar-refractivity contribution in [2.45, 2.75) is 93.6 Å². The number of anilines is 2. The van der Waals surface area contributed by atoms with Crippen LogP contribution in [0.1, 0.15) is 70.6 Å². The summed E-state index contributed by atoms with van der Waals surface area (Å²) in [6, 6.07) is 45.0. The van der Waals surface area contributed by atoms with E-state index in [-0.39, 0.29) is 29.9 Å². The lowest BCUT2D eigenvalue weighted by atomic mass is 9.80. The summed E-state index contributed by atoms with van der Waals surface area (Å²) in [7, 11) is 3.57. The normalized spacial score (nSPS) is 21.4. The Morgan fingerprint density at radius 3 is 1.41 bits per heavy atom. The van der Waals surface area contributed by atoms with Crippen molar-refractivity contribution in [3.63, 3.8) is 0 Å². The zero-order chi connectivity index (χ0) is 60.7. The van der Waals surface area contributed by atoms with Crippen LogP contribution < -0.4 is 31.5 Å². The number of methoxy groups -OCH3 is 4. The van der Waals surface area contributed by atoms with E-state index in [1.54, 1.807) is 81.5 Å². The molecule has 2 aliphatic rings. The molecule has 2 N–H and O–H groups in total. The molecule has 2 aromatic heterocycles. The number of carbonyl (C=O) groups is 2. The van der Waals surface area contributed by atoms with E-state index in [0.717, 1.165) is 16.7 Å². The van der Waals surface area contributed by atoms with Crippen molar-refractivity contribution in [1.82, 2.24) is 19.1 Å². The van der Waals surface area contributed by atoms with Gasteiger partial charge in [0.1, 0.15) is 65.4 Å². The van der Waals surface area contributed by atoms with Crippen molar-refractivity contribution in [2.75, 3.05) is 59.0 Å². The average Bonchev–Trinajstić information content (AvgIpc) is 1.95. The Hall–Kier alpha value is -7.05. The fourth-order valence-corrected chi connectivity index (χ4v) is 13.0. The van der Waals surface area contributed by atoms with Gasteiger partial charge in [-0.2, -0.15) is 9.97 Å². The highest BCUT2D eigenvalue weighted by atomic mass is 32.5. The Bertz CT molecular complexity index is 3530. The monoisotopic (exact) mass is 1210 g/mol. The van der Waals surface area contributed by atoms with E-state index < -0.39 is 92.7 Å². The number of benzene rings is 5. The molecule has 5 aromatic carbocycles. The molecule has 9 rings (SSSR count). The van der Waals surface area contributed by atoms with Gasteiger partial charge in [0.25, 0.3) is 11.8 Å². The fourth-order valence-electron chi connectivity index (χ4n) is 10.1. The van der Waals surface area contributed by atoms with Gasteiger partial charge >= 0.3 is 11.4 Å². The number of carbonyl (C=O) groups excluding carboxylic acids is 2. The van der Waals surface area contributed by atoms with E-state index in [4.69, 9.17) is 58.4 Å². The van der Waals surface area contributed by atoms with Gasteiger partial charge in [0.05, 0.1) is 27.4 Å². The smallest absolute Gasteiger partial charge is 0.351 e. The zero-order valence-electron chi connectivity index (χ0n) is 49.0. The van der Waals surface area contributed by atoms with Crippen molar-refractivity contribution >= 4 is 50.1 Å². The molecule has 4 heterocycles. The molecule has 0 aliphatic carbocycles. The maximum Gasteiger partial charge on any atom is 0.351 e. The molecule has 448 valence electrons. The minimum Gasteiger partial charge on any atom is -0.497 e. The predicted molar refractivity (Wildman–Crippen MR) is 327 cm³/mol. The summed E-state index contributed by atoms with van der Waals surface area (Å²) in [5.41, 5.74) is 0.281. The number of nitrogens with zero attached hydrogens (tertiary/aromatic N) is 4. The summed E-state index contributed by atoms with van der Waals surface area (Å²) < 4.78 is 68.0. The van der Waals surface area contributed by atoms with Crippen LogP contribution in [0.15, 0.2) is 174 Å². The van der Waals surface area contributed by atoms with Crippen LogP contribution in [0.2, 0.25) is 18.1 Å². The van der Waals surface area contributed by atoms with Crippen molar-refractivity contribution < 1.29 is 56.2 Å². The van der Waals surface area contributed by atoms with E-state index in [1.807, 2.05) is 78.9 Å². The molecular weight excluding hydrogens is 1140 g/mol. The Balaban J connectivity index is 1.05. The van der Waals surface area contributed by atoms with Crippen LogP contribution in [0.5, 0.6) is 11.5 Å². The highest BCUT2D eigenvalue weighted by Crippen LogP contribution is 2.52. The number of hydrogen-bond acceptors (Lipinski definition) is 17. The number of amides is 2. The zero-order valence-corrected chi connectivity index (χ0v) is 51.7. The van der Waals surface area contributed by atoms with Gasteiger partial charge in [0.2, 0.25) is 0 Å². The summed E-state index contributed by atoms with van der Waals surface area (Å²) in [5.74, 6) is 0.460. The van der Waals surface area contributed by atoms with E-state index in [9.17, 15) is 19.2 Å². The summed E-state index contributed by atoms with van der Waals surface area (Å²) in [4.78, 5) is 62.7. The first-order valence-corrected chi connectivity index (χ1v) is 33.5. The second kappa shape index (κ2) is 26.7. The van der Waals surface area contributed by atoms with Gasteiger partial charge in [0, 0.05) is 44.4 Å². The molecular formula is C62H71N6O14PSSi. The molecule has 23 heteroatoms. The maximum absolute atomic E-state index is 14.2. The van der Waals surface area contributed by atoms with E-state index in [1.165, 1.54) is 47.9 Å². The van der Waals surface area contributed by atoms with Gasteiger partial charge in [-0.3, -0.25) is 18.7 Å². The first-order valence-electron chi connectivity index (χ1n) is 27.5. The van der Waals surface area contributed by atoms with Crippen LogP contribution in [-0.4, -0.2) is 124 Å². The first kappa shape index (κ1) is 62.5. The van der Waals surface area contributed by atoms with Crippen LogP contribution in [0.4, 0.5) is 11.6 Å². The van der Waals surface area contributed by atoms with Crippen LogP contribution in [0.25, 0.3) is 0 Å². The average molecular weight is 1220 g/mol. The molecule has 85 heavy (non-hydrogen) atoms. The SMILES string of the molecule is COc1ccc(C(OC[C@H]2O[C@@H](n3ccc(NC(=O)c4ccccc4)nc3=O)[C@H](OC)[C@@H]2OP(C)(=S)OC[C@H]2O[C@@H](n3ccc(NC(=O)c4ccccc4)nc3=O)[C@H](OC)[C@@H]2O[Si](C)(C)C(C)(C)C)(c2ccccc2)c2ccc(OC)cc2)cc1. The quantitative estimate of drug-likeness (QED) is 0.0346. The van der Waals surface area contributed by atoms with Gasteiger partial charge in [-0.05, 0) is 107 Å². The van der Waals surface area contributed by atoms with Gasteiger partial charge in [-0.25, -0.2) is 9.59 Å². The van der Waals surface area contributed by atoms with Gasteiger partial charge in [-0.15, -0.1) is 0 Å². The third kappa shape index (κ3) is 14.0. The highest BCUT2D eigenvalue weighted by molar-refractivity contribution is 8.09. The Kier molecular flexibility index (Phi) is 19.6. The topological polar surface area (TPSA) is 220 Å². The van der Waals surface area contributed by atoms with Gasteiger partial charge in [0.15, 0.2) is 27.3 Å². The lowest BCUT2D eigenvalue weighted by Crippen LogP contribution is -2.50. The number of rotatable bonds is 23. The summed E-state index contributed by atoms with van der Waals surface area (Å²) in [6.07, 6.45) is -4.95. The van der Waals surface area contributed by atoms with Gasteiger partial charge in [-0.1, -0.05) is 112 Å². The second-order valence-electron chi connectivity index (χ2n) is 22.0. The summed E-state index contributed by atoms with van der Waals surface area (Å²) in [6.45, 7) is 8.39. The Morgan fingerprint density at radius 2 is 1.00 bits per heavy atom. The summed E-state index contributed by atoms with van der Waals surface area (Å²) in [5, 5.41) is 5.14. The Labute approximate surface area is 499 Å². The molecule has 20 nitrogen and oxygen atoms in total. The second-order valence-corrected chi connectivity index (χ2v) is 30.7. The van der Waals surface area contributed by atoms with Crippen LogP contribution in [-0.2, 0) is 54.6 Å². The third-order valence-electron chi connectivity index (χ3n) is 15.5. The van der Waals surface area contributed by atoms with Crippen molar-refractivity contribution in [2.24, 2.45) is 0 Å². The van der Waals surface area contributed by atoms with E-state index in [0.29, 0.717) is 22.6 Å². The lowest BCUT2D eigenvalue weighted by molar-refractivity contribution is -0.0956. The highest BCUT2D eigenvalue weighted by Gasteiger charge is 2.54. The number of ether oxygens (including phenoxy) is 7. The maximum atomic E-state index is 14.2. The number of aromatic nitrogens is 4. The third-order valence-corrected chi connectivity index (χ3v) is 21.8. The van der Waals surface area contributed by atoms with E-state index in [2.05, 4.69) is 54.5 Å². The van der Waals surface area contributed by atoms with Crippen molar-refractivity contribution in [3.05, 3.63) is 213 Å². The van der Waals surface area contributed by atoms with Crippen LogP contribution >= 0.6 is 6.49 Å². The number of hydrogen-bond donors (Lipinski definition) is 2. The molecule has 2 saturated heterocycles. The van der Waals surface area contributed by atoms with Crippen LogP contribution in [0, 0.1) is 0 Å². The molecule has 0 spiro atoms. The van der Waals surface area contributed by atoms with Gasteiger partial charge < -0.3 is 57.3 Å². The van der Waals surface area contributed by atoms with Crippen molar-refractivity contribution in [1.29, 1.82) is 0 Å². The minimum atomic E-state index is -3.45. The molecule has 0 radical (unpaired) electrons. The molecule has 0 saturated carbocycles. The fraction of sp³-hybridized carbons (Fsp3) is 0.355. The van der Waals surface area contributed by atoms with E-state index >= 15 is 0 Å². The molecule has 2 aliphatic heterocycles. The molecule has 9 atom stereocenters. The molecule has 7 aromatic rings. The largest absolute Gasteiger partial charge is 0.497 e. The predicted octanol–water partition coefficient (Wildman–Crippen LogP) is 9.59. The van der Waals surface area contributed by atoms with Crippen LogP contribution in [0.3, 0.4) is 0 Å². The number of nitrogens with one attached hydrogen (secondary N) is 2. The summed E-state index contributed by atoms with van der Waals surface area (Å²) >= 11 is 6.33. The molecule has 2 fully saturated rings. The van der Waals surface area contributed by atoms with Crippen molar-refractivity contribution in [3.8, 4) is 11.5 Å². The molecule has 1 unspecified atom stereocenters. The Morgan fingerprint density at radius 1 is 0.588 bits per heavy atom.